The van der Waals surface area contributed by atoms with Crippen LogP contribution in [0.2, 0.25) is 0 Å². The minimum absolute atomic E-state index is 0.139. The van der Waals surface area contributed by atoms with Crippen molar-refractivity contribution in [3.05, 3.63) is 35.2 Å². The van der Waals surface area contributed by atoms with Crippen LogP contribution in [-0.4, -0.2) is 95.7 Å². The highest BCUT2D eigenvalue weighted by molar-refractivity contribution is 5.99. The lowest BCUT2D eigenvalue weighted by Crippen LogP contribution is -2.48. The van der Waals surface area contributed by atoms with Gasteiger partial charge in [0.05, 0.1) is 30.4 Å². The fourth-order valence-corrected chi connectivity index (χ4v) is 6.28. The summed E-state index contributed by atoms with van der Waals surface area (Å²) in [6.07, 6.45) is 7.12. The second-order valence-electron chi connectivity index (χ2n) is 13.5. The van der Waals surface area contributed by atoms with E-state index < -0.39 is 12.1 Å². The molecule has 1 aromatic carbocycles. The number of hydrogen-bond donors (Lipinski definition) is 4. The molecule has 1 aromatic heterocycles. The monoisotopic (exact) mass is 670 g/mol. The van der Waals surface area contributed by atoms with Crippen molar-refractivity contribution >= 4 is 29.3 Å². The molecule has 1 saturated carbocycles. The average molecular weight is 671 g/mol. The Labute approximate surface area is 284 Å². The molecule has 2 aliphatic rings. The molecule has 1 aliphatic carbocycles. The molecule has 0 radical (unpaired) electrons. The Morgan fingerprint density at radius 1 is 1.08 bits per heavy atom. The number of amides is 5. The first kappa shape index (κ1) is 37.0. The Hall–Kier alpha value is -3.84. The standard InChI is InChI=1S/C35H54N6O7/c1-22-19-41(23(2)21-42)33(43)29-18-28(37-34(44)36-27-13-8-7-9-14-27)15-16-30(29)47-24(3)12-10-11-17-46-31(22)20-40(6)35(45)38-32-25(4)39-48-26(32)5/h15-16,18,22-24,27,31,42H,7-14,17,19-21H2,1-6H3,(H,38,45)(H2,36,37,44)/t22-,23+,24+,31+/m1/s1. The van der Waals surface area contributed by atoms with Crippen molar-refractivity contribution in [1.82, 2.24) is 20.3 Å². The van der Waals surface area contributed by atoms with E-state index in [0.29, 0.717) is 40.7 Å². The Morgan fingerprint density at radius 3 is 2.50 bits per heavy atom. The first-order valence-electron chi connectivity index (χ1n) is 17.3. The summed E-state index contributed by atoms with van der Waals surface area (Å²) in [6.45, 7) is 9.99. The largest absolute Gasteiger partial charge is 0.490 e. The third-order valence-electron chi connectivity index (χ3n) is 9.32. The van der Waals surface area contributed by atoms with Gasteiger partial charge in [0.1, 0.15) is 17.1 Å². The highest BCUT2D eigenvalue weighted by Gasteiger charge is 2.31. The number of fused-ring (bicyclic) bond motifs is 1. The smallest absolute Gasteiger partial charge is 0.321 e. The van der Waals surface area contributed by atoms with Gasteiger partial charge in [0.25, 0.3) is 5.91 Å². The number of aliphatic hydroxyl groups is 1. The zero-order chi connectivity index (χ0) is 34.8. The van der Waals surface area contributed by atoms with Crippen LogP contribution < -0.4 is 20.7 Å². The topological polar surface area (TPSA) is 158 Å². The van der Waals surface area contributed by atoms with Gasteiger partial charge in [0, 0.05) is 44.4 Å². The zero-order valence-electron chi connectivity index (χ0n) is 29.3. The second-order valence-corrected chi connectivity index (χ2v) is 13.5. The number of urea groups is 2. The van der Waals surface area contributed by atoms with Crippen LogP contribution >= 0.6 is 0 Å². The minimum Gasteiger partial charge on any atom is -0.490 e. The minimum atomic E-state index is -0.523. The van der Waals surface area contributed by atoms with Crippen molar-refractivity contribution in [2.24, 2.45) is 5.92 Å². The number of nitrogens with one attached hydrogen (secondary N) is 3. The van der Waals surface area contributed by atoms with Crippen LogP contribution in [0.3, 0.4) is 0 Å². The number of carbonyl (C=O) groups is 3. The zero-order valence-corrected chi connectivity index (χ0v) is 29.3. The Morgan fingerprint density at radius 2 is 1.81 bits per heavy atom. The highest BCUT2D eigenvalue weighted by Crippen LogP contribution is 2.29. The quantitative estimate of drug-likeness (QED) is 0.292. The summed E-state index contributed by atoms with van der Waals surface area (Å²) in [4.78, 5) is 43.6. The predicted molar refractivity (Wildman–Crippen MR) is 184 cm³/mol. The lowest BCUT2D eigenvalue weighted by Gasteiger charge is -2.35. The van der Waals surface area contributed by atoms with Crippen LogP contribution in [0.4, 0.5) is 21.0 Å². The van der Waals surface area contributed by atoms with Crippen molar-refractivity contribution in [3.63, 3.8) is 0 Å². The lowest BCUT2D eigenvalue weighted by molar-refractivity contribution is -0.0115. The first-order chi connectivity index (χ1) is 23.0. The van der Waals surface area contributed by atoms with Crippen LogP contribution in [0, 0.1) is 19.8 Å². The maximum atomic E-state index is 14.4. The van der Waals surface area contributed by atoms with Crippen molar-refractivity contribution in [2.45, 2.75) is 110 Å². The van der Waals surface area contributed by atoms with E-state index in [1.165, 1.54) is 6.42 Å². The van der Waals surface area contributed by atoms with E-state index >= 15 is 0 Å². The van der Waals surface area contributed by atoms with Gasteiger partial charge in [0.2, 0.25) is 0 Å². The number of hydrogen-bond acceptors (Lipinski definition) is 8. The molecule has 1 fully saturated rings. The summed E-state index contributed by atoms with van der Waals surface area (Å²) in [5.41, 5.74) is 1.90. The number of benzene rings is 1. The van der Waals surface area contributed by atoms with Crippen LogP contribution in [0.5, 0.6) is 5.75 Å². The van der Waals surface area contributed by atoms with E-state index in [1.54, 1.807) is 55.8 Å². The molecule has 4 N–H and O–H groups in total. The molecule has 0 spiro atoms. The van der Waals surface area contributed by atoms with E-state index in [2.05, 4.69) is 21.1 Å². The van der Waals surface area contributed by atoms with E-state index in [0.717, 1.165) is 44.9 Å². The summed E-state index contributed by atoms with van der Waals surface area (Å²) in [7, 11) is 1.70. The van der Waals surface area contributed by atoms with Crippen molar-refractivity contribution in [2.75, 3.05) is 44.0 Å². The molecule has 266 valence electrons. The molecule has 0 bridgehead atoms. The molecule has 4 atom stereocenters. The fourth-order valence-electron chi connectivity index (χ4n) is 6.28. The molecule has 5 amide bonds. The number of anilines is 2. The van der Waals surface area contributed by atoms with Crippen molar-refractivity contribution in [1.29, 1.82) is 0 Å². The van der Waals surface area contributed by atoms with Gasteiger partial charge in [-0.2, -0.15) is 0 Å². The number of aliphatic hydroxyl groups excluding tert-OH is 1. The summed E-state index contributed by atoms with van der Waals surface area (Å²) in [6, 6.07) is 4.11. The Balaban J connectivity index is 1.56. The van der Waals surface area contributed by atoms with Gasteiger partial charge in [-0.3, -0.25) is 4.79 Å². The summed E-state index contributed by atoms with van der Waals surface area (Å²) < 4.78 is 17.9. The van der Waals surface area contributed by atoms with E-state index in [1.807, 2.05) is 13.8 Å². The number of nitrogens with zero attached hydrogens (tertiary/aromatic N) is 3. The lowest BCUT2D eigenvalue weighted by atomic mass is 9.96. The van der Waals surface area contributed by atoms with Crippen LogP contribution in [0.1, 0.15) is 93.9 Å². The number of ether oxygens (including phenoxy) is 2. The van der Waals surface area contributed by atoms with Gasteiger partial charge in [-0.15, -0.1) is 0 Å². The van der Waals surface area contributed by atoms with Gasteiger partial charge in [-0.05, 0) is 78.0 Å². The molecule has 4 rings (SSSR count). The molecule has 13 heteroatoms. The third-order valence-corrected chi connectivity index (χ3v) is 9.32. The maximum Gasteiger partial charge on any atom is 0.321 e. The summed E-state index contributed by atoms with van der Waals surface area (Å²) >= 11 is 0. The number of likely N-dealkylation sites (N-methyl/N-ethyl adjacent to an activating group) is 1. The Kier molecular flexibility index (Phi) is 13.5. The van der Waals surface area contributed by atoms with Crippen molar-refractivity contribution in [3.8, 4) is 5.75 Å². The van der Waals surface area contributed by atoms with Gasteiger partial charge in [0.15, 0.2) is 5.76 Å². The van der Waals surface area contributed by atoms with Crippen molar-refractivity contribution < 1.29 is 33.5 Å². The van der Waals surface area contributed by atoms with Gasteiger partial charge in [-0.25, -0.2) is 9.59 Å². The summed E-state index contributed by atoms with van der Waals surface area (Å²) in [5, 5.41) is 23.0. The molecule has 0 saturated heterocycles. The molecule has 48 heavy (non-hydrogen) atoms. The number of carbonyl (C=O) groups excluding carboxylic acids is 3. The second kappa shape index (κ2) is 17.5. The number of aromatic nitrogens is 1. The fraction of sp³-hybridized carbons (Fsp3) is 0.657. The van der Waals surface area contributed by atoms with Crippen LogP contribution in [0.15, 0.2) is 22.7 Å². The van der Waals surface area contributed by atoms with E-state index in [-0.39, 0.29) is 55.7 Å². The SMILES string of the molecule is Cc1noc(C)c1NC(=O)N(C)C[C@@H]1OCCCC[C@H](C)Oc2ccc(NC(=O)NC3CCCCC3)cc2C(=O)N([C@@H](C)CO)C[C@H]1C. The first-order valence-corrected chi connectivity index (χ1v) is 17.3. The molecule has 0 unspecified atom stereocenters. The molecule has 2 heterocycles. The van der Waals surface area contributed by atoms with Gasteiger partial charge < -0.3 is 44.9 Å². The Bertz CT molecular complexity index is 1360. The average Bonchev–Trinajstić information content (AvgIpc) is 3.38. The van der Waals surface area contributed by atoms with E-state index in [4.69, 9.17) is 14.0 Å². The maximum absolute atomic E-state index is 14.4. The summed E-state index contributed by atoms with van der Waals surface area (Å²) in [5.74, 6) is 0.396. The van der Waals surface area contributed by atoms with Crippen LogP contribution in [0.25, 0.3) is 0 Å². The number of rotatable bonds is 7. The van der Waals surface area contributed by atoms with Gasteiger partial charge in [-0.1, -0.05) is 31.3 Å². The normalized spacial score (nSPS) is 22.1. The molecular formula is C35H54N6O7. The molecule has 13 nitrogen and oxygen atoms in total. The number of aryl methyl sites for hydroxylation is 2. The highest BCUT2D eigenvalue weighted by atomic mass is 16.5. The van der Waals surface area contributed by atoms with Gasteiger partial charge >= 0.3 is 12.1 Å². The van der Waals surface area contributed by atoms with E-state index in [9.17, 15) is 19.5 Å². The molecular weight excluding hydrogens is 616 g/mol. The van der Waals surface area contributed by atoms with Crippen LogP contribution in [-0.2, 0) is 4.74 Å². The molecule has 2 aromatic rings. The predicted octanol–water partition coefficient (Wildman–Crippen LogP) is 5.71. The third kappa shape index (κ3) is 10.1. The molecule has 1 aliphatic heterocycles.